The van der Waals surface area contributed by atoms with Crippen LogP contribution in [0.1, 0.15) is 16.1 Å². The van der Waals surface area contributed by atoms with Crippen LogP contribution in [0.4, 0.5) is 10.5 Å². The molecule has 0 spiro atoms. The third-order valence-electron chi connectivity index (χ3n) is 3.13. The predicted molar refractivity (Wildman–Crippen MR) is 86.6 cm³/mol. The van der Waals surface area contributed by atoms with Crippen molar-refractivity contribution >= 4 is 17.7 Å². The number of carboxylic acid groups (broad SMARTS) is 1. The van der Waals surface area contributed by atoms with Crippen LogP contribution in [-0.2, 0) is 6.54 Å². The summed E-state index contributed by atoms with van der Waals surface area (Å²) in [5.74, 6) is -0.00213. The van der Waals surface area contributed by atoms with E-state index >= 15 is 0 Å². The van der Waals surface area contributed by atoms with Gasteiger partial charge in [-0.1, -0.05) is 0 Å². The van der Waals surface area contributed by atoms with Gasteiger partial charge in [0, 0.05) is 18.0 Å². The second kappa shape index (κ2) is 7.82. The molecule has 2 amide bonds. The Labute approximate surface area is 138 Å². The van der Waals surface area contributed by atoms with Crippen molar-refractivity contribution < 1.29 is 24.2 Å². The number of carbonyl (C=O) groups excluding carboxylic acids is 1. The van der Waals surface area contributed by atoms with Gasteiger partial charge in [0.05, 0.1) is 32.0 Å². The van der Waals surface area contributed by atoms with Crippen molar-refractivity contribution in [2.24, 2.45) is 0 Å². The fraction of sp³-hybridized carbons (Fsp3) is 0.188. The van der Waals surface area contributed by atoms with Crippen LogP contribution >= 0.6 is 0 Å². The van der Waals surface area contributed by atoms with Crippen LogP contribution < -0.4 is 20.1 Å². The molecule has 0 unspecified atom stereocenters. The van der Waals surface area contributed by atoms with Crippen molar-refractivity contribution in [2.45, 2.75) is 6.54 Å². The average molecular weight is 331 g/mol. The quantitative estimate of drug-likeness (QED) is 0.748. The Hall–Kier alpha value is -3.29. The molecule has 126 valence electrons. The Morgan fingerprint density at radius 2 is 1.88 bits per heavy atom. The lowest BCUT2D eigenvalue weighted by Crippen LogP contribution is -2.28. The van der Waals surface area contributed by atoms with Crippen molar-refractivity contribution in [2.75, 3.05) is 19.5 Å². The Balaban J connectivity index is 1.96. The standard InChI is InChI=1S/C16H17N3O5/c1-23-13-4-3-11(8-14(13)24-2)19-16(22)18-9-12-7-10(15(20)21)5-6-17-12/h3-8H,9H2,1-2H3,(H,20,21)(H2,18,19,22). The summed E-state index contributed by atoms with van der Waals surface area (Å²) in [5.41, 5.74) is 1.08. The van der Waals surface area contributed by atoms with Gasteiger partial charge in [-0.3, -0.25) is 4.98 Å². The molecule has 0 aliphatic rings. The molecule has 0 radical (unpaired) electrons. The lowest BCUT2D eigenvalue weighted by atomic mass is 10.2. The van der Waals surface area contributed by atoms with Crippen molar-refractivity contribution in [3.63, 3.8) is 0 Å². The highest BCUT2D eigenvalue weighted by Crippen LogP contribution is 2.29. The van der Waals surface area contributed by atoms with Crippen LogP contribution in [-0.4, -0.2) is 36.3 Å². The number of pyridine rings is 1. The number of methoxy groups -OCH3 is 2. The Morgan fingerprint density at radius 3 is 2.54 bits per heavy atom. The van der Waals surface area contributed by atoms with Gasteiger partial charge in [-0.2, -0.15) is 0 Å². The summed E-state index contributed by atoms with van der Waals surface area (Å²) in [6.45, 7) is 0.0975. The van der Waals surface area contributed by atoms with Gasteiger partial charge >= 0.3 is 12.0 Å². The number of amides is 2. The maximum atomic E-state index is 11.9. The van der Waals surface area contributed by atoms with Crippen LogP contribution in [0.15, 0.2) is 36.5 Å². The second-order valence-corrected chi connectivity index (χ2v) is 4.72. The highest BCUT2D eigenvalue weighted by molar-refractivity contribution is 5.90. The number of nitrogens with zero attached hydrogens (tertiary/aromatic N) is 1. The number of aromatic nitrogens is 1. The molecule has 0 atom stereocenters. The second-order valence-electron chi connectivity index (χ2n) is 4.72. The minimum Gasteiger partial charge on any atom is -0.493 e. The van der Waals surface area contributed by atoms with E-state index in [1.54, 1.807) is 18.2 Å². The zero-order valence-corrected chi connectivity index (χ0v) is 13.2. The number of carboxylic acids is 1. The summed E-state index contributed by atoms with van der Waals surface area (Å²) < 4.78 is 10.3. The molecule has 2 rings (SSSR count). The number of aromatic carboxylic acids is 1. The van der Waals surface area contributed by atoms with Crippen molar-refractivity contribution in [1.82, 2.24) is 10.3 Å². The molecule has 0 saturated heterocycles. The fourth-order valence-electron chi connectivity index (χ4n) is 1.97. The predicted octanol–water partition coefficient (Wildman–Crippen LogP) is 2.12. The monoisotopic (exact) mass is 331 g/mol. The summed E-state index contributed by atoms with van der Waals surface area (Å²) in [6.07, 6.45) is 1.38. The molecule has 0 saturated carbocycles. The molecular formula is C16H17N3O5. The number of urea groups is 1. The molecular weight excluding hydrogens is 314 g/mol. The zero-order chi connectivity index (χ0) is 17.5. The molecule has 0 aliphatic heterocycles. The van der Waals surface area contributed by atoms with Gasteiger partial charge in [0.25, 0.3) is 0 Å². The highest BCUT2D eigenvalue weighted by atomic mass is 16.5. The zero-order valence-electron chi connectivity index (χ0n) is 13.2. The summed E-state index contributed by atoms with van der Waals surface area (Å²) in [5, 5.41) is 14.2. The first-order valence-corrected chi connectivity index (χ1v) is 6.98. The van der Waals surface area contributed by atoms with Gasteiger partial charge in [0.1, 0.15) is 0 Å². The van der Waals surface area contributed by atoms with Gasteiger partial charge in [0.15, 0.2) is 11.5 Å². The van der Waals surface area contributed by atoms with Crippen molar-refractivity contribution in [1.29, 1.82) is 0 Å². The van der Waals surface area contributed by atoms with E-state index in [9.17, 15) is 9.59 Å². The van der Waals surface area contributed by atoms with Gasteiger partial charge in [-0.15, -0.1) is 0 Å². The number of rotatable bonds is 6. The first-order valence-electron chi connectivity index (χ1n) is 6.98. The maximum Gasteiger partial charge on any atom is 0.335 e. The molecule has 0 bridgehead atoms. The summed E-state index contributed by atoms with van der Waals surface area (Å²) in [7, 11) is 3.03. The largest absolute Gasteiger partial charge is 0.493 e. The van der Waals surface area contributed by atoms with Crippen LogP contribution in [0, 0.1) is 0 Å². The maximum absolute atomic E-state index is 11.9. The molecule has 1 aromatic carbocycles. The molecule has 0 fully saturated rings. The molecule has 24 heavy (non-hydrogen) atoms. The topological polar surface area (TPSA) is 110 Å². The van der Waals surface area contributed by atoms with E-state index in [1.165, 1.54) is 32.5 Å². The minimum atomic E-state index is -1.05. The van der Waals surface area contributed by atoms with E-state index < -0.39 is 12.0 Å². The third-order valence-corrected chi connectivity index (χ3v) is 3.13. The Kier molecular flexibility index (Phi) is 5.56. The van der Waals surface area contributed by atoms with Crippen LogP contribution in [0.5, 0.6) is 11.5 Å². The number of carbonyl (C=O) groups is 2. The molecule has 8 nitrogen and oxygen atoms in total. The lowest BCUT2D eigenvalue weighted by Gasteiger charge is -2.11. The van der Waals surface area contributed by atoms with E-state index in [2.05, 4.69) is 15.6 Å². The number of nitrogens with one attached hydrogen (secondary N) is 2. The van der Waals surface area contributed by atoms with E-state index in [0.717, 1.165) is 0 Å². The number of ether oxygens (including phenoxy) is 2. The highest BCUT2D eigenvalue weighted by Gasteiger charge is 2.08. The van der Waals surface area contributed by atoms with Gasteiger partial charge in [0.2, 0.25) is 0 Å². The SMILES string of the molecule is COc1ccc(NC(=O)NCc2cc(C(=O)O)ccn2)cc1OC. The van der Waals surface area contributed by atoms with Crippen LogP contribution in [0.3, 0.4) is 0 Å². The van der Waals surface area contributed by atoms with E-state index in [0.29, 0.717) is 22.9 Å². The first-order chi connectivity index (χ1) is 11.5. The summed E-state index contributed by atoms with van der Waals surface area (Å²) in [4.78, 5) is 26.8. The fourth-order valence-corrected chi connectivity index (χ4v) is 1.97. The molecule has 2 aromatic rings. The van der Waals surface area contributed by atoms with E-state index in [-0.39, 0.29) is 12.1 Å². The van der Waals surface area contributed by atoms with Gasteiger partial charge < -0.3 is 25.2 Å². The molecule has 0 aliphatic carbocycles. The summed E-state index contributed by atoms with van der Waals surface area (Å²) in [6, 6.07) is 7.30. The number of anilines is 1. The first kappa shape index (κ1) is 17.1. The number of hydrogen-bond donors (Lipinski definition) is 3. The number of benzene rings is 1. The molecule has 1 heterocycles. The molecule has 1 aromatic heterocycles. The van der Waals surface area contributed by atoms with E-state index in [4.69, 9.17) is 14.6 Å². The number of hydrogen-bond acceptors (Lipinski definition) is 5. The van der Waals surface area contributed by atoms with Crippen LogP contribution in [0.2, 0.25) is 0 Å². The average Bonchev–Trinajstić information content (AvgIpc) is 2.60. The van der Waals surface area contributed by atoms with E-state index in [1.807, 2.05) is 0 Å². The molecule has 8 heteroatoms. The Morgan fingerprint density at radius 1 is 1.12 bits per heavy atom. The normalized spacial score (nSPS) is 9.92. The smallest absolute Gasteiger partial charge is 0.335 e. The van der Waals surface area contributed by atoms with Gasteiger partial charge in [-0.25, -0.2) is 9.59 Å². The van der Waals surface area contributed by atoms with Crippen molar-refractivity contribution in [3.05, 3.63) is 47.8 Å². The lowest BCUT2D eigenvalue weighted by molar-refractivity contribution is 0.0696. The molecule has 3 N–H and O–H groups in total. The Bertz CT molecular complexity index is 748. The minimum absolute atomic E-state index is 0.0975. The van der Waals surface area contributed by atoms with Crippen molar-refractivity contribution in [3.8, 4) is 11.5 Å². The third kappa shape index (κ3) is 4.35. The van der Waals surface area contributed by atoms with Crippen LogP contribution in [0.25, 0.3) is 0 Å². The van der Waals surface area contributed by atoms with Gasteiger partial charge in [-0.05, 0) is 24.3 Å². The summed E-state index contributed by atoms with van der Waals surface area (Å²) >= 11 is 0.